The topological polar surface area (TPSA) is 54.7 Å². The van der Waals surface area contributed by atoms with Gasteiger partial charge in [0.1, 0.15) is 0 Å². The second-order valence-corrected chi connectivity index (χ2v) is 3.02. The second-order valence-electron chi connectivity index (χ2n) is 1.99. The molecule has 1 rings (SSSR count). The van der Waals surface area contributed by atoms with Crippen molar-refractivity contribution in [1.82, 2.24) is 9.97 Å². The molecule has 1 heterocycles. The van der Waals surface area contributed by atoms with E-state index in [1.165, 1.54) is 0 Å². The van der Waals surface area contributed by atoms with Crippen LogP contribution in [0, 0.1) is 6.92 Å². The summed E-state index contributed by atoms with van der Waals surface area (Å²) < 4.78 is 0. The van der Waals surface area contributed by atoms with Crippen molar-refractivity contribution in [2.45, 2.75) is 12.7 Å². The number of aromatic amines is 1. The van der Waals surface area contributed by atoms with Gasteiger partial charge in [0.15, 0.2) is 0 Å². The van der Waals surface area contributed by atoms with Crippen LogP contribution in [0.15, 0.2) is 6.33 Å². The molecule has 0 aliphatic rings. The minimum Gasteiger partial charge on any atom is -0.348 e. The number of aromatic nitrogens is 2. The van der Waals surface area contributed by atoms with E-state index in [9.17, 15) is 0 Å². The van der Waals surface area contributed by atoms with Gasteiger partial charge in [-0.1, -0.05) is 0 Å². The zero-order valence-corrected chi connectivity index (χ0v) is 11.0. The van der Waals surface area contributed by atoms with Crippen molar-refractivity contribution < 1.29 is 0 Å². The number of H-pyrrole nitrogens is 1. The van der Waals surface area contributed by atoms with Crippen LogP contribution in [0.4, 0.5) is 0 Å². The number of hydrogen-bond acceptors (Lipinski definition) is 3. The highest BCUT2D eigenvalue weighted by Crippen LogP contribution is 2.09. The Kier molecular flexibility index (Phi) is 10.1. The van der Waals surface area contributed by atoms with Crippen molar-refractivity contribution in [2.24, 2.45) is 5.73 Å². The summed E-state index contributed by atoms with van der Waals surface area (Å²) in [4.78, 5) is 7.13. The van der Waals surface area contributed by atoms with Crippen LogP contribution in [0.5, 0.6) is 0 Å². The van der Waals surface area contributed by atoms with Gasteiger partial charge in [0.2, 0.25) is 0 Å². The molecule has 0 amide bonds. The molecule has 0 fully saturated rings. The molecule has 0 spiro atoms. The van der Waals surface area contributed by atoms with E-state index in [0.717, 1.165) is 17.1 Å². The van der Waals surface area contributed by atoms with Crippen molar-refractivity contribution in [3.05, 3.63) is 17.7 Å². The normalized spacial score (nSPS) is 8.50. The molecule has 12 heavy (non-hydrogen) atoms. The summed E-state index contributed by atoms with van der Waals surface area (Å²) in [6.07, 6.45) is 1.71. The Morgan fingerprint density at radius 2 is 2.25 bits per heavy atom. The van der Waals surface area contributed by atoms with Gasteiger partial charge >= 0.3 is 0 Å². The molecule has 0 bridgehead atoms. The number of imidazole rings is 1. The molecule has 0 aromatic carbocycles. The third-order valence-corrected chi connectivity index (χ3v) is 2.00. The maximum atomic E-state index is 5.32. The standard InChI is InChI=1S/C6H11N3S.2BrH/c1-5-6(2-10-3-7)9-4-8-5;;/h4H,2-3,7H2,1H3,(H,8,9);2*1H. The highest BCUT2D eigenvalue weighted by molar-refractivity contribution is 8.93. The van der Waals surface area contributed by atoms with E-state index in [4.69, 9.17) is 5.73 Å². The van der Waals surface area contributed by atoms with E-state index in [0.29, 0.717) is 5.88 Å². The average molecular weight is 319 g/mol. The van der Waals surface area contributed by atoms with Crippen molar-refractivity contribution in [1.29, 1.82) is 0 Å². The first-order chi connectivity index (χ1) is 4.84. The number of halogens is 2. The maximum Gasteiger partial charge on any atom is 0.0925 e. The van der Waals surface area contributed by atoms with Crippen LogP contribution in [0.1, 0.15) is 11.4 Å². The Morgan fingerprint density at radius 1 is 1.58 bits per heavy atom. The first-order valence-electron chi connectivity index (χ1n) is 3.11. The van der Waals surface area contributed by atoms with Crippen LogP contribution >= 0.6 is 45.7 Å². The summed E-state index contributed by atoms with van der Waals surface area (Å²) in [6, 6.07) is 0. The van der Waals surface area contributed by atoms with E-state index in [2.05, 4.69) is 9.97 Å². The summed E-state index contributed by atoms with van der Waals surface area (Å²) in [7, 11) is 0. The number of hydrogen-bond donors (Lipinski definition) is 2. The summed E-state index contributed by atoms with van der Waals surface area (Å²) in [5.74, 6) is 1.57. The number of nitrogens with zero attached hydrogens (tertiary/aromatic N) is 1. The summed E-state index contributed by atoms with van der Waals surface area (Å²) in [5.41, 5.74) is 7.57. The number of nitrogens with two attached hydrogens (primary N) is 1. The van der Waals surface area contributed by atoms with E-state index < -0.39 is 0 Å². The van der Waals surface area contributed by atoms with E-state index in [-0.39, 0.29) is 34.0 Å². The molecule has 0 radical (unpaired) electrons. The Labute approximate surface area is 97.4 Å². The molecule has 1 aromatic heterocycles. The van der Waals surface area contributed by atoms with Crippen LogP contribution in [-0.2, 0) is 5.75 Å². The van der Waals surface area contributed by atoms with Crippen LogP contribution in [-0.4, -0.2) is 15.8 Å². The first kappa shape index (κ1) is 15.0. The fourth-order valence-corrected chi connectivity index (χ4v) is 1.29. The van der Waals surface area contributed by atoms with Crippen molar-refractivity contribution >= 4 is 45.7 Å². The number of aryl methyl sites for hydroxylation is 1. The zero-order valence-electron chi connectivity index (χ0n) is 6.74. The SMILES string of the molecule is Br.Br.Cc1[nH]cnc1CSCN. The van der Waals surface area contributed by atoms with Crippen molar-refractivity contribution in [3.63, 3.8) is 0 Å². The third-order valence-electron chi connectivity index (χ3n) is 1.29. The van der Waals surface area contributed by atoms with Crippen LogP contribution in [0.25, 0.3) is 0 Å². The average Bonchev–Trinajstić information content (AvgIpc) is 2.31. The Hall–Kier alpha value is 0.480. The van der Waals surface area contributed by atoms with Gasteiger partial charge in [-0.2, -0.15) is 0 Å². The molecular formula is C6H13Br2N3S. The number of thioether (sulfide) groups is 1. The lowest BCUT2D eigenvalue weighted by molar-refractivity contribution is 1.19. The minimum absolute atomic E-state index is 0. The Morgan fingerprint density at radius 3 is 2.67 bits per heavy atom. The molecular weight excluding hydrogens is 306 g/mol. The largest absolute Gasteiger partial charge is 0.348 e. The van der Waals surface area contributed by atoms with Gasteiger partial charge in [-0.15, -0.1) is 45.7 Å². The third kappa shape index (κ3) is 4.49. The highest BCUT2D eigenvalue weighted by atomic mass is 79.9. The second kappa shape index (κ2) is 8.10. The van der Waals surface area contributed by atoms with Crippen LogP contribution < -0.4 is 5.73 Å². The van der Waals surface area contributed by atoms with Gasteiger partial charge < -0.3 is 10.7 Å². The van der Waals surface area contributed by atoms with Gasteiger partial charge in [0.05, 0.1) is 12.0 Å². The fraction of sp³-hybridized carbons (Fsp3) is 0.500. The molecule has 0 aliphatic carbocycles. The zero-order chi connectivity index (χ0) is 7.40. The maximum absolute atomic E-state index is 5.32. The summed E-state index contributed by atoms with van der Waals surface area (Å²) in [5, 5.41) is 0. The molecule has 0 atom stereocenters. The lowest BCUT2D eigenvalue weighted by atomic mass is 10.4. The fourth-order valence-electron chi connectivity index (χ4n) is 0.688. The van der Waals surface area contributed by atoms with Gasteiger partial charge in [0, 0.05) is 17.3 Å². The first-order valence-corrected chi connectivity index (χ1v) is 4.26. The summed E-state index contributed by atoms with van der Waals surface area (Å²) >= 11 is 1.68. The van der Waals surface area contributed by atoms with Gasteiger partial charge in [-0.3, -0.25) is 0 Å². The van der Waals surface area contributed by atoms with E-state index in [1.807, 2.05) is 6.92 Å². The number of rotatable bonds is 3. The Bertz CT molecular complexity index is 204. The minimum atomic E-state index is 0. The van der Waals surface area contributed by atoms with E-state index in [1.54, 1.807) is 18.1 Å². The van der Waals surface area contributed by atoms with Crippen molar-refractivity contribution in [3.8, 4) is 0 Å². The highest BCUT2D eigenvalue weighted by Gasteiger charge is 1.98. The van der Waals surface area contributed by atoms with Crippen molar-refractivity contribution in [2.75, 3.05) is 5.88 Å². The van der Waals surface area contributed by atoms with E-state index >= 15 is 0 Å². The molecule has 1 aromatic rings. The lowest BCUT2D eigenvalue weighted by Gasteiger charge is -1.94. The molecule has 0 saturated heterocycles. The smallest absolute Gasteiger partial charge is 0.0925 e. The molecule has 0 aliphatic heterocycles. The predicted molar refractivity (Wildman–Crippen MR) is 64.3 cm³/mol. The van der Waals surface area contributed by atoms with Crippen LogP contribution in [0.2, 0.25) is 0 Å². The molecule has 72 valence electrons. The molecule has 3 N–H and O–H groups in total. The molecule has 3 nitrogen and oxygen atoms in total. The lowest BCUT2D eigenvalue weighted by Crippen LogP contribution is -1.94. The molecule has 0 unspecified atom stereocenters. The van der Waals surface area contributed by atoms with Gasteiger partial charge in [-0.25, -0.2) is 4.98 Å². The molecule has 6 heteroatoms. The summed E-state index contributed by atoms with van der Waals surface area (Å²) in [6.45, 7) is 2.01. The van der Waals surface area contributed by atoms with Gasteiger partial charge in [-0.05, 0) is 6.92 Å². The Balaban J connectivity index is 0. The van der Waals surface area contributed by atoms with Crippen LogP contribution in [0.3, 0.4) is 0 Å². The number of nitrogens with one attached hydrogen (secondary N) is 1. The predicted octanol–water partition coefficient (Wildman–Crippen LogP) is 2.02. The quantitative estimate of drug-likeness (QED) is 0.838. The molecule has 0 saturated carbocycles. The van der Waals surface area contributed by atoms with Gasteiger partial charge in [0.25, 0.3) is 0 Å². The monoisotopic (exact) mass is 317 g/mol.